The summed E-state index contributed by atoms with van der Waals surface area (Å²) in [4.78, 5) is 21.0. The van der Waals surface area contributed by atoms with Crippen LogP contribution in [0, 0.1) is 6.92 Å². The molecule has 0 atom stereocenters. The minimum absolute atomic E-state index is 0.0109. The summed E-state index contributed by atoms with van der Waals surface area (Å²) in [6, 6.07) is 16.6. The van der Waals surface area contributed by atoms with Crippen LogP contribution in [0.3, 0.4) is 0 Å². The standard InChI is InChI=1S/C29H32N6O/c1-3-35-19-21(18-31-35)27-17-25(23-6-4-5-7-26(23)32-27)29(10-11-29)33-28(36)24-16-22(9-8-20(24)2)34-14-12-30-13-15-34/h4-9,16-19,30H,3,10-15H2,1-2H3,(H,33,36). The molecule has 0 spiro atoms. The first-order chi connectivity index (χ1) is 17.6. The number of para-hydroxylation sites is 1. The van der Waals surface area contributed by atoms with Gasteiger partial charge in [-0.15, -0.1) is 0 Å². The van der Waals surface area contributed by atoms with E-state index in [1.165, 1.54) is 0 Å². The molecule has 6 rings (SSSR count). The number of fused-ring (bicyclic) bond motifs is 1. The zero-order valence-electron chi connectivity index (χ0n) is 20.9. The fourth-order valence-electron chi connectivity index (χ4n) is 5.23. The van der Waals surface area contributed by atoms with Crippen LogP contribution < -0.4 is 15.5 Å². The molecule has 7 heteroatoms. The summed E-state index contributed by atoms with van der Waals surface area (Å²) >= 11 is 0. The molecule has 0 unspecified atom stereocenters. The summed E-state index contributed by atoms with van der Waals surface area (Å²) in [6.07, 6.45) is 5.73. The molecule has 1 aliphatic heterocycles. The number of anilines is 1. The molecule has 2 aromatic carbocycles. The predicted molar refractivity (Wildman–Crippen MR) is 143 cm³/mol. The molecule has 0 radical (unpaired) electrons. The van der Waals surface area contributed by atoms with Gasteiger partial charge in [0, 0.05) is 61.1 Å². The SMILES string of the molecule is CCn1cc(-c2cc(C3(NC(=O)c4cc(N5CCNCC5)ccc4C)CC3)c3ccccc3n2)cn1. The van der Waals surface area contributed by atoms with E-state index < -0.39 is 0 Å². The molecule has 2 N–H and O–H groups in total. The number of aromatic nitrogens is 3. The number of rotatable bonds is 6. The van der Waals surface area contributed by atoms with Gasteiger partial charge in [0.05, 0.1) is 22.9 Å². The Balaban J connectivity index is 1.35. The van der Waals surface area contributed by atoms with Crippen molar-refractivity contribution in [3.8, 4) is 11.3 Å². The van der Waals surface area contributed by atoms with E-state index in [4.69, 9.17) is 4.98 Å². The van der Waals surface area contributed by atoms with Gasteiger partial charge in [-0.2, -0.15) is 5.10 Å². The first-order valence-electron chi connectivity index (χ1n) is 12.9. The quantitative estimate of drug-likeness (QED) is 0.431. The number of piperazine rings is 1. The second kappa shape index (κ2) is 9.06. The molecule has 184 valence electrons. The first kappa shape index (κ1) is 22.7. The van der Waals surface area contributed by atoms with Crippen molar-refractivity contribution in [2.75, 3.05) is 31.1 Å². The largest absolute Gasteiger partial charge is 0.369 e. The van der Waals surface area contributed by atoms with Crippen LogP contribution in [-0.4, -0.2) is 46.9 Å². The molecular weight excluding hydrogens is 448 g/mol. The lowest BCUT2D eigenvalue weighted by molar-refractivity contribution is 0.0930. The molecule has 36 heavy (non-hydrogen) atoms. The van der Waals surface area contributed by atoms with Crippen molar-refractivity contribution < 1.29 is 4.79 Å². The lowest BCUT2D eigenvalue weighted by Gasteiger charge is -2.30. The lowest BCUT2D eigenvalue weighted by atomic mass is 9.96. The number of nitrogens with zero attached hydrogens (tertiary/aromatic N) is 4. The van der Waals surface area contributed by atoms with E-state index in [2.05, 4.69) is 57.9 Å². The normalized spacial score (nSPS) is 16.8. The summed E-state index contributed by atoms with van der Waals surface area (Å²) in [5, 5.41) is 12.4. The Hall–Kier alpha value is -3.71. The van der Waals surface area contributed by atoms with Gasteiger partial charge in [0.1, 0.15) is 0 Å². The third-order valence-corrected chi connectivity index (χ3v) is 7.54. The number of aryl methyl sites for hydroxylation is 2. The fourth-order valence-corrected chi connectivity index (χ4v) is 5.23. The molecule has 1 aliphatic carbocycles. The number of pyridine rings is 1. The number of hydrogen-bond donors (Lipinski definition) is 2. The predicted octanol–water partition coefficient (Wildman–Crippen LogP) is 4.26. The van der Waals surface area contributed by atoms with Gasteiger partial charge in [0.25, 0.3) is 5.91 Å². The second-order valence-electron chi connectivity index (χ2n) is 9.93. The van der Waals surface area contributed by atoms with E-state index in [-0.39, 0.29) is 11.4 Å². The van der Waals surface area contributed by atoms with Gasteiger partial charge in [-0.1, -0.05) is 24.3 Å². The van der Waals surface area contributed by atoms with Crippen LogP contribution in [-0.2, 0) is 12.1 Å². The Morgan fingerprint density at radius 2 is 1.92 bits per heavy atom. The average molecular weight is 481 g/mol. The summed E-state index contributed by atoms with van der Waals surface area (Å²) < 4.78 is 1.91. The van der Waals surface area contributed by atoms with E-state index in [1.807, 2.05) is 42.2 Å². The molecule has 7 nitrogen and oxygen atoms in total. The van der Waals surface area contributed by atoms with Crippen LogP contribution in [0.15, 0.2) is 60.9 Å². The van der Waals surface area contributed by atoms with Gasteiger partial charge in [-0.25, -0.2) is 4.98 Å². The van der Waals surface area contributed by atoms with Crippen molar-refractivity contribution in [1.29, 1.82) is 0 Å². The van der Waals surface area contributed by atoms with E-state index in [9.17, 15) is 4.79 Å². The topological polar surface area (TPSA) is 75.1 Å². The number of amides is 1. The monoisotopic (exact) mass is 480 g/mol. The fraction of sp³-hybridized carbons (Fsp3) is 0.345. The van der Waals surface area contributed by atoms with Crippen LogP contribution >= 0.6 is 0 Å². The average Bonchev–Trinajstić information content (AvgIpc) is 3.53. The second-order valence-corrected chi connectivity index (χ2v) is 9.93. The number of carbonyl (C=O) groups is 1. The maximum Gasteiger partial charge on any atom is 0.252 e. The molecule has 1 amide bonds. The zero-order chi connectivity index (χ0) is 24.7. The highest BCUT2D eigenvalue weighted by molar-refractivity contribution is 5.98. The smallest absolute Gasteiger partial charge is 0.252 e. The number of benzene rings is 2. The summed E-state index contributed by atoms with van der Waals surface area (Å²) in [7, 11) is 0. The van der Waals surface area contributed by atoms with Crippen molar-refractivity contribution in [1.82, 2.24) is 25.4 Å². The van der Waals surface area contributed by atoms with Gasteiger partial charge < -0.3 is 15.5 Å². The highest BCUT2D eigenvalue weighted by atomic mass is 16.1. The third-order valence-electron chi connectivity index (χ3n) is 7.54. The van der Waals surface area contributed by atoms with Crippen LogP contribution in [0.4, 0.5) is 5.69 Å². The minimum Gasteiger partial charge on any atom is -0.369 e. The maximum absolute atomic E-state index is 13.7. The highest BCUT2D eigenvalue weighted by Gasteiger charge is 2.47. The zero-order valence-corrected chi connectivity index (χ0v) is 20.9. The number of hydrogen-bond acceptors (Lipinski definition) is 5. The molecule has 4 aromatic rings. The molecule has 2 fully saturated rings. The van der Waals surface area contributed by atoms with Crippen molar-refractivity contribution in [3.05, 3.63) is 77.6 Å². The van der Waals surface area contributed by atoms with Crippen LogP contribution in [0.1, 0.15) is 41.3 Å². The van der Waals surface area contributed by atoms with Crippen LogP contribution in [0.25, 0.3) is 22.2 Å². The Bertz CT molecular complexity index is 1430. The minimum atomic E-state index is -0.382. The summed E-state index contributed by atoms with van der Waals surface area (Å²) in [6.45, 7) is 8.74. The van der Waals surface area contributed by atoms with Gasteiger partial charge >= 0.3 is 0 Å². The Morgan fingerprint density at radius 3 is 2.67 bits per heavy atom. The highest BCUT2D eigenvalue weighted by Crippen LogP contribution is 2.49. The Labute approximate surface area is 211 Å². The molecule has 1 saturated carbocycles. The lowest BCUT2D eigenvalue weighted by Crippen LogP contribution is -2.43. The Kier molecular flexibility index (Phi) is 5.72. The molecular formula is C29H32N6O. The van der Waals surface area contributed by atoms with Crippen LogP contribution in [0.5, 0.6) is 0 Å². The van der Waals surface area contributed by atoms with Crippen LogP contribution in [0.2, 0.25) is 0 Å². The number of nitrogens with one attached hydrogen (secondary N) is 2. The molecule has 3 heterocycles. The van der Waals surface area contributed by atoms with Gasteiger partial charge in [-0.3, -0.25) is 9.48 Å². The van der Waals surface area contributed by atoms with Crippen molar-refractivity contribution in [2.45, 2.75) is 38.8 Å². The molecule has 2 aliphatic rings. The van der Waals surface area contributed by atoms with Crippen molar-refractivity contribution in [2.24, 2.45) is 0 Å². The number of carbonyl (C=O) groups excluding carboxylic acids is 1. The molecule has 1 saturated heterocycles. The van der Waals surface area contributed by atoms with Gasteiger partial charge in [0.15, 0.2) is 0 Å². The Morgan fingerprint density at radius 1 is 1.11 bits per heavy atom. The molecule has 0 bridgehead atoms. The van der Waals surface area contributed by atoms with E-state index >= 15 is 0 Å². The van der Waals surface area contributed by atoms with Crippen molar-refractivity contribution in [3.63, 3.8) is 0 Å². The van der Waals surface area contributed by atoms with E-state index in [0.29, 0.717) is 0 Å². The molecule has 2 aromatic heterocycles. The summed E-state index contributed by atoms with van der Waals surface area (Å²) in [5.41, 5.74) is 6.43. The third kappa shape index (κ3) is 4.13. The van der Waals surface area contributed by atoms with E-state index in [0.717, 1.165) is 90.1 Å². The summed E-state index contributed by atoms with van der Waals surface area (Å²) in [5.74, 6) is -0.0109. The first-order valence-corrected chi connectivity index (χ1v) is 12.9. The maximum atomic E-state index is 13.7. The van der Waals surface area contributed by atoms with Gasteiger partial charge in [0.2, 0.25) is 0 Å². The van der Waals surface area contributed by atoms with Gasteiger partial charge in [-0.05, 0) is 62.1 Å². The van der Waals surface area contributed by atoms with E-state index in [1.54, 1.807) is 0 Å². The van der Waals surface area contributed by atoms with Crippen molar-refractivity contribution >= 4 is 22.5 Å².